The van der Waals surface area contributed by atoms with E-state index in [1.807, 2.05) is 0 Å². The summed E-state index contributed by atoms with van der Waals surface area (Å²) in [6.45, 7) is 3.76. The summed E-state index contributed by atoms with van der Waals surface area (Å²) < 4.78 is 32.0. The summed E-state index contributed by atoms with van der Waals surface area (Å²) in [4.78, 5) is 34.5. The Balaban J connectivity index is 4.00. The zero-order chi connectivity index (χ0) is 38.9. The third-order valence-corrected chi connectivity index (χ3v) is 9.99. The van der Waals surface area contributed by atoms with E-state index in [0.29, 0.717) is 6.42 Å². The van der Waals surface area contributed by atoms with Crippen molar-refractivity contribution in [3.05, 3.63) is 48.6 Å². The van der Waals surface area contributed by atoms with Crippen LogP contribution in [0.25, 0.3) is 0 Å². The number of phosphoric acid groups is 1. The summed E-state index contributed by atoms with van der Waals surface area (Å²) in [6.07, 6.45) is 47.3. The summed E-state index contributed by atoms with van der Waals surface area (Å²) >= 11 is 0. The normalized spacial score (nSPS) is 13.8. The van der Waals surface area contributed by atoms with Gasteiger partial charge >= 0.3 is 19.8 Å². The van der Waals surface area contributed by atoms with Crippen molar-refractivity contribution < 1.29 is 37.6 Å². The van der Waals surface area contributed by atoms with E-state index < -0.39 is 26.5 Å². The van der Waals surface area contributed by atoms with E-state index in [0.717, 1.165) is 77.7 Å². The van der Waals surface area contributed by atoms with E-state index in [4.69, 9.17) is 14.0 Å². The van der Waals surface area contributed by atoms with Crippen molar-refractivity contribution in [3.63, 3.8) is 0 Å². The highest BCUT2D eigenvalue weighted by Gasteiger charge is 2.24. The molecule has 1 N–H and O–H groups in total. The summed E-state index contributed by atoms with van der Waals surface area (Å²) in [5.41, 5.74) is 0. The van der Waals surface area contributed by atoms with Gasteiger partial charge in [0.05, 0.1) is 6.61 Å². The SMILES string of the molecule is CC/C=C\C/C=C\C/C=C\CCCCCCCC(=O)OC(COC(=O)CCCCCCCCCCC/C=C\CCCCCCCC)COP(=O)(O)OC. The summed E-state index contributed by atoms with van der Waals surface area (Å²) in [7, 11) is -3.21. The Kier molecular flexibility index (Phi) is 38.2. The molecule has 308 valence electrons. The number of hydrogen-bond donors (Lipinski definition) is 1. The van der Waals surface area contributed by atoms with Crippen molar-refractivity contribution in [2.75, 3.05) is 20.3 Å². The van der Waals surface area contributed by atoms with Gasteiger partial charge in [-0.15, -0.1) is 0 Å². The zero-order valence-electron chi connectivity index (χ0n) is 34.2. The van der Waals surface area contributed by atoms with E-state index in [1.165, 1.54) is 89.9 Å². The first-order chi connectivity index (χ1) is 25.8. The summed E-state index contributed by atoms with van der Waals surface area (Å²) in [6, 6.07) is 0. The first-order valence-corrected chi connectivity index (χ1v) is 22.8. The Morgan fingerprint density at radius 2 is 0.962 bits per heavy atom. The van der Waals surface area contributed by atoms with Crippen molar-refractivity contribution in [2.45, 2.75) is 200 Å². The molecule has 0 radical (unpaired) electrons. The Morgan fingerprint density at radius 1 is 0.547 bits per heavy atom. The highest BCUT2D eigenvalue weighted by atomic mass is 31.2. The zero-order valence-corrected chi connectivity index (χ0v) is 35.1. The number of ether oxygens (including phenoxy) is 2. The number of phosphoric ester groups is 1. The van der Waals surface area contributed by atoms with Crippen molar-refractivity contribution in [2.24, 2.45) is 0 Å². The molecule has 0 fully saturated rings. The van der Waals surface area contributed by atoms with Crippen LogP contribution in [0.4, 0.5) is 0 Å². The molecule has 0 aromatic carbocycles. The molecular formula is C44H79O8P. The lowest BCUT2D eigenvalue weighted by Crippen LogP contribution is -2.29. The molecule has 2 atom stereocenters. The smallest absolute Gasteiger partial charge is 0.462 e. The topological polar surface area (TPSA) is 108 Å². The van der Waals surface area contributed by atoms with Gasteiger partial charge in [0, 0.05) is 20.0 Å². The average molecular weight is 767 g/mol. The largest absolute Gasteiger partial charge is 0.472 e. The predicted molar refractivity (Wildman–Crippen MR) is 221 cm³/mol. The minimum Gasteiger partial charge on any atom is -0.462 e. The van der Waals surface area contributed by atoms with Crippen molar-refractivity contribution in [1.29, 1.82) is 0 Å². The molecule has 2 unspecified atom stereocenters. The molecule has 0 amide bonds. The van der Waals surface area contributed by atoms with Gasteiger partial charge in [0.25, 0.3) is 0 Å². The number of carbonyl (C=O) groups excluding carboxylic acids is 2. The number of unbranched alkanes of at least 4 members (excludes halogenated alkanes) is 20. The molecule has 0 spiro atoms. The third kappa shape index (κ3) is 39.5. The second kappa shape index (κ2) is 39.7. The van der Waals surface area contributed by atoms with Crippen LogP contribution in [-0.4, -0.2) is 43.3 Å². The Bertz CT molecular complexity index is 1010. The molecule has 0 aliphatic rings. The van der Waals surface area contributed by atoms with Crippen LogP contribution in [0.1, 0.15) is 194 Å². The van der Waals surface area contributed by atoms with Gasteiger partial charge in [0.2, 0.25) is 0 Å². The van der Waals surface area contributed by atoms with Gasteiger partial charge in [0.15, 0.2) is 6.10 Å². The second-order valence-corrected chi connectivity index (χ2v) is 15.7. The highest BCUT2D eigenvalue weighted by Crippen LogP contribution is 2.42. The molecule has 9 heteroatoms. The molecule has 0 aliphatic heterocycles. The molecule has 0 rings (SSSR count). The monoisotopic (exact) mass is 767 g/mol. The Labute approximate surface area is 325 Å². The first-order valence-electron chi connectivity index (χ1n) is 21.3. The van der Waals surface area contributed by atoms with Crippen molar-refractivity contribution in [3.8, 4) is 0 Å². The first kappa shape index (κ1) is 51.0. The highest BCUT2D eigenvalue weighted by molar-refractivity contribution is 7.47. The van der Waals surface area contributed by atoms with Crippen LogP contribution in [0.5, 0.6) is 0 Å². The molecule has 0 aromatic rings. The summed E-state index contributed by atoms with van der Waals surface area (Å²) in [5.74, 6) is -0.825. The van der Waals surface area contributed by atoms with Crippen LogP contribution < -0.4 is 0 Å². The Hall–Kier alpha value is -1.99. The van der Waals surface area contributed by atoms with E-state index in [9.17, 15) is 19.0 Å². The number of carbonyl (C=O) groups is 2. The third-order valence-electron chi connectivity index (χ3n) is 9.06. The van der Waals surface area contributed by atoms with E-state index in [2.05, 4.69) is 67.0 Å². The maximum Gasteiger partial charge on any atom is 0.472 e. The lowest BCUT2D eigenvalue weighted by molar-refractivity contribution is -0.161. The van der Waals surface area contributed by atoms with E-state index in [-0.39, 0.29) is 25.4 Å². The van der Waals surface area contributed by atoms with Crippen LogP contribution >= 0.6 is 7.82 Å². The van der Waals surface area contributed by atoms with E-state index in [1.54, 1.807) is 0 Å². The maximum atomic E-state index is 12.5. The molecule has 8 nitrogen and oxygen atoms in total. The van der Waals surface area contributed by atoms with E-state index >= 15 is 0 Å². The summed E-state index contributed by atoms with van der Waals surface area (Å²) in [5, 5.41) is 0. The van der Waals surface area contributed by atoms with Gasteiger partial charge in [0.1, 0.15) is 6.61 Å². The van der Waals surface area contributed by atoms with Crippen LogP contribution in [0.2, 0.25) is 0 Å². The van der Waals surface area contributed by atoms with Gasteiger partial charge in [-0.3, -0.25) is 18.6 Å². The van der Waals surface area contributed by atoms with Gasteiger partial charge in [-0.2, -0.15) is 0 Å². The number of esters is 2. The number of hydrogen-bond acceptors (Lipinski definition) is 7. The maximum absolute atomic E-state index is 12.5. The number of rotatable bonds is 39. The quantitative estimate of drug-likeness (QED) is 0.0285. The minimum atomic E-state index is -4.27. The van der Waals surface area contributed by atoms with Crippen LogP contribution in [0.3, 0.4) is 0 Å². The van der Waals surface area contributed by atoms with Crippen LogP contribution in [-0.2, 0) is 32.7 Å². The van der Waals surface area contributed by atoms with Gasteiger partial charge < -0.3 is 14.4 Å². The fourth-order valence-electron chi connectivity index (χ4n) is 5.78. The van der Waals surface area contributed by atoms with Gasteiger partial charge in [-0.1, -0.05) is 159 Å². The van der Waals surface area contributed by atoms with Crippen LogP contribution in [0, 0.1) is 0 Å². The second-order valence-electron chi connectivity index (χ2n) is 14.1. The average Bonchev–Trinajstić information content (AvgIpc) is 3.15. The standard InChI is InChI=1S/C44H79O8P/c1-4-6-8-10-12-14-16-18-20-21-22-23-25-26-28-30-32-34-36-38-43(45)50-40-42(41-51-53(47,48)49-3)52-44(46)39-37-35-33-31-29-27-24-19-17-15-13-11-9-7-5-2/h7,9,13,15,18-20,24,42H,4-6,8,10-12,14,16-17,21-23,25-41H2,1-3H3,(H,47,48)/b9-7-,15-13-,20-18-,24-19-. The molecular weight excluding hydrogens is 687 g/mol. The molecule has 53 heavy (non-hydrogen) atoms. The minimum absolute atomic E-state index is 0.224. The molecule has 0 saturated heterocycles. The molecule has 0 saturated carbocycles. The lowest BCUT2D eigenvalue weighted by atomic mass is 10.1. The van der Waals surface area contributed by atoms with Gasteiger partial charge in [-0.25, -0.2) is 4.57 Å². The predicted octanol–water partition coefficient (Wildman–Crippen LogP) is 13.4. The molecule has 0 heterocycles. The molecule has 0 aliphatic carbocycles. The molecule has 0 aromatic heterocycles. The fourth-order valence-corrected chi connectivity index (χ4v) is 6.24. The molecule has 0 bridgehead atoms. The van der Waals surface area contributed by atoms with Crippen LogP contribution in [0.15, 0.2) is 48.6 Å². The fraction of sp³-hybridized carbons (Fsp3) is 0.773. The lowest BCUT2D eigenvalue weighted by Gasteiger charge is -2.19. The van der Waals surface area contributed by atoms with Crippen molar-refractivity contribution >= 4 is 19.8 Å². The van der Waals surface area contributed by atoms with Gasteiger partial charge in [-0.05, 0) is 70.6 Å². The number of allylic oxidation sites excluding steroid dienone is 8. The Morgan fingerprint density at radius 3 is 1.45 bits per heavy atom. The van der Waals surface area contributed by atoms with Crippen molar-refractivity contribution in [1.82, 2.24) is 0 Å².